The lowest BCUT2D eigenvalue weighted by molar-refractivity contribution is 0.275. The van der Waals surface area contributed by atoms with Gasteiger partial charge in [0, 0.05) is 26.5 Å². The molecule has 0 heterocycles. The van der Waals surface area contributed by atoms with Crippen LogP contribution in [-0.4, -0.2) is 20.4 Å². The van der Waals surface area contributed by atoms with E-state index in [4.69, 9.17) is 0 Å². The number of aliphatic hydroxyl groups excluding tert-OH is 2. The van der Waals surface area contributed by atoms with Crippen molar-refractivity contribution in [3.63, 3.8) is 0 Å². The van der Waals surface area contributed by atoms with Gasteiger partial charge in [0.15, 0.2) is 0 Å². The van der Waals surface area contributed by atoms with Crippen LogP contribution in [0.4, 0.5) is 0 Å². The fraction of sp³-hybridized carbons (Fsp3) is 0.200. The van der Waals surface area contributed by atoms with Gasteiger partial charge in [-0.15, -0.1) is 0 Å². The summed E-state index contributed by atoms with van der Waals surface area (Å²) in [6, 6.07) is 6.73. The minimum Gasteiger partial charge on any atom is -0.507 e. The summed E-state index contributed by atoms with van der Waals surface area (Å²) in [7, 11) is 0. The van der Waals surface area contributed by atoms with Crippen LogP contribution in [-0.2, 0) is 19.6 Å². The molecule has 0 aromatic heterocycles. The molecule has 0 saturated carbocycles. The maximum absolute atomic E-state index is 10.1. The van der Waals surface area contributed by atoms with Crippen LogP contribution in [0.25, 0.3) is 0 Å². The van der Waals surface area contributed by atoms with Crippen molar-refractivity contribution in [1.29, 1.82) is 0 Å². The molecule has 0 amide bonds. The molecule has 0 unspecified atom stereocenters. The van der Waals surface area contributed by atoms with Gasteiger partial charge in [-0.25, -0.2) is 0 Å². The van der Waals surface area contributed by atoms with E-state index in [2.05, 4.69) is 31.9 Å². The van der Waals surface area contributed by atoms with Crippen molar-refractivity contribution in [3.8, 4) is 11.5 Å². The number of phenols is 2. The standard InChI is InChI=1S/C15H14Br2O4/c16-12-2-8(14(20)10(4-12)6-18)1-9-3-13(17)5-11(7-19)15(9)21/h2-5,18-21H,1,6-7H2. The zero-order valence-corrected chi connectivity index (χ0v) is 14.1. The van der Waals surface area contributed by atoms with E-state index < -0.39 is 0 Å². The van der Waals surface area contributed by atoms with Crippen LogP contribution in [0.3, 0.4) is 0 Å². The summed E-state index contributed by atoms with van der Waals surface area (Å²) in [5, 5.41) is 38.8. The number of halogens is 2. The van der Waals surface area contributed by atoms with E-state index in [-0.39, 0.29) is 31.1 Å². The maximum Gasteiger partial charge on any atom is 0.124 e. The second-order valence-corrected chi connectivity index (χ2v) is 6.47. The Hall–Kier alpha value is -1.08. The first-order chi connectivity index (χ1) is 9.96. The van der Waals surface area contributed by atoms with Crippen molar-refractivity contribution < 1.29 is 20.4 Å². The average Bonchev–Trinajstić information content (AvgIpc) is 2.45. The van der Waals surface area contributed by atoms with E-state index >= 15 is 0 Å². The molecule has 4 nitrogen and oxygen atoms in total. The first-order valence-electron chi connectivity index (χ1n) is 6.18. The predicted octanol–water partition coefficient (Wildman–Crippen LogP) is 3.20. The molecular weight excluding hydrogens is 404 g/mol. The molecule has 2 aromatic carbocycles. The number of aromatic hydroxyl groups is 2. The van der Waals surface area contributed by atoms with Crippen molar-refractivity contribution in [2.24, 2.45) is 0 Å². The minimum absolute atomic E-state index is 0.00521. The lowest BCUT2D eigenvalue weighted by atomic mass is 9.99. The number of rotatable bonds is 4. The van der Waals surface area contributed by atoms with Crippen LogP contribution < -0.4 is 0 Å². The quantitative estimate of drug-likeness (QED) is 0.615. The van der Waals surface area contributed by atoms with Gasteiger partial charge in [0.1, 0.15) is 11.5 Å². The molecule has 0 fully saturated rings. The highest BCUT2D eigenvalue weighted by atomic mass is 79.9. The predicted molar refractivity (Wildman–Crippen MR) is 86.3 cm³/mol. The summed E-state index contributed by atoms with van der Waals surface area (Å²) in [6.07, 6.45) is 0.274. The Morgan fingerprint density at radius 3 is 1.33 bits per heavy atom. The normalized spacial score (nSPS) is 10.9. The molecule has 0 aliphatic rings. The van der Waals surface area contributed by atoms with Gasteiger partial charge in [0.05, 0.1) is 13.2 Å². The third-order valence-corrected chi connectivity index (χ3v) is 4.10. The Balaban J connectivity index is 2.48. The van der Waals surface area contributed by atoms with Crippen LogP contribution in [0.15, 0.2) is 33.2 Å². The van der Waals surface area contributed by atoms with E-state index in [1.54, 1.807) is 24.3 Å². The molecular formula is C15H14Br2O4. The molecule has 6 heteroatoms. The fourth-order valence-electron chi connectivity index (χ4n) is 2.15. The van der Waals surface area contributed by atoms with Crippen molar-refractivity contribution in [2.75, 3.05) is 0 Å². The second-order valence-electron chi connectivity index (χ2n) is 4.64. The lowest BCUT2D eigenvalue weighted by Crippen LogP contribution is -1.96. The minimum atomic E-state index is -0.273. The lowest BCUT2D eigenvalue weighted by Gasteiger charge is -2.13. The molecule has 0 radical (unpaired) electrons. The number of hydrogen-bond acceptors (Lipinski definition) is 4. The van der Waals surface area contributed by atoms with Crippen LogP contribution in [0.5, 0.6) is 11.5 Å². The van der Waals surface area contributed by atoms with E-state index in [1.165, 1.54) is 0 Å². The summed E-state index contributed by atoms with van der Waals surface area (Å²) in [4.78, 5) is 0. The molecule has 0 saturated heterocycles. The van der Waals surface area contributed by atoms with E-state index in [1.807, 2.05) is 0 Å². The molecule has 21 heavy (non-hydrogen) atoms. The monoisotopic (exact) mass is 416 g/mol. The summed E-state index contributed by atoms with van der Waals surface area (Å²) in [6.45, 7) is -0.546. The molecule has 2 aromatic rings. The van der Waals surface area contributed by atoms with Gasteiger partial charge in [-0.3, -0.25) is 0 Å². The van der Waals surface area contributed by atoms with E-state index in [9.17, 15) is 20.4 Å². The van der Waals surface area contributed by atoms with Crippen LogP contribution >= 0.6 is 31.9 Å². The van der Waals surface area contributed by atoms with Crippen molar-refractivity contribution in [2.45, 2.75) is 19.6 Å². The van der Waals surface area contributed by atoms with Gasteiger partial charge in [0.2, 0.25) is 0 Å². The molecule has 0 spiro atoms. The van der Waals surface area contributed by atoms with Gasteiger partial charge >= 0.3 is 0 Å². The Kier molecular flexibility index (Phi) is 5.27. The topological polar surface area (TPSA) is 80.9 Å². The highest BCUT2D eigenvalue weighted by molar-refractivity contribution is 9.10. The Bertz CT molecular complexity index is 614. The first kappa shape index (κ1) is 16.3. The third-order valence-electron chi connectivity index (χ3n) is 3.19. The third kappa shape index (κ3) is 3.58. The molecule has 112 valence electrons. The highest BCUT2D eigenvalue weighted by Gasteiger charge is 2.14. The summed E-state index contributed by atoms with van der Waals surface area (Å²) >= 11 is 6.66. The van der Waals surface area contributed by atoms with Crippen LogP contribution in [0.2, 0.25) is 0 Å². The zero-order valence-electron chi connectivity index (χ0n) is 11.0. The zero-order chi connectivity index (χ0) is 15.6. The summed E-state index contributed by atoms with van der Waals surface area (Å²) in [5.74, 6) is 0.0104. The SMILES string of the molecule is OCc1cc(Br)cc(Cc2cc(Br)cc(CO)c2O)c1O. The van der Waals surface area contributed by atoms with Gasteiger partial charge in [-0.1, -0.05) is 31.9 Å². The summed E-state index contributed by atoms with van der Waals surface area (Å²) in [5.41, 5.74) is 1.98. The number of hydrogen-bond donors (Lipinski definition) is 4. The smallest absolute Gasteiger partial charge is 0.124 e. The van der Waals surface area contributed by atoms with Crippen molar-refractivity contribution in [1.82, 2.24) is 0 Å². The van der Waals surface area contributed by atoms with Crippen LogP contribution in [0.1, 0.15) is 22.3 Å². The van der Waals surface area contributed by atoms with E-state index in [0.717, 1.165) is 8.95 Å². The highest BCUT2D eigenvalue weighted by Crippen LogP contribution is 2.34. The Morgan fingerprint density at radius 2 is 1.00 bits per heavy atom. The molecule has 0 aliphatic heterocycles. The summed E-state index contributed by atoms with van der Waals surface area (Å²) < 4.78 is 1.47. The Labute approximate surface area is 138 Å². The molecule has 2 rings (SSSR count). The average molecular weight is 418 g/mol. The number of benzene rings is 2. The molecule has 4 N–H and O–H groups in total. The Morgan fingerprint density at radius 1 is 0.667 bits per heavy atom. The molecule has 0 bridgehead atoms. The largest absolute Gasteiger partial charge is 0.507 e. The van der Waals surface area contributed by atoms with Gasteiger partial charge in [0.25, 0.3) is 0 Å². The molecule has 0 aliphatic carbocycles. The molecule has 0 atom stereocenters. The maximum atomic E-state index is 10.1. The van der Waals surface area contributed by atoms with Gasteiger partial charge < -0.3 is 20.4 Å². The van der Waals surface area contributed by atoms with E-state index in [0.29, 0.717) is 22.3 Å². The second kappa shape index (κ2) is 6.79. The van der Waals surface area contributed by atoms with Crippen molar-refractivity contribution >= 4 is 31.9 Å². The van der Waals surface area contributed by atoms with Gasteiger partial charge in [-0.05, 0) is 35.4 Å². The number of aliphatic hydroxyl groups is 2. The van der Waals surface area contributed by atoms with Gasteiger partial charge in [-0.2, -0.15) is 0 Å². The van der Waals surface area contributed by atoms with Crippen molar-refractivity contribution in [3.05, 3.63) is 55.5 Å². The van der Waals surface area contributed by atoms with Crippen LogP contribution in [0, 0.1) is 0 Å². The first-order valence-corrected chi connectivity index (χ1v) is 7.77. The fourth-order valence-corrected chi connectivity index (χ4v) is 3.26.